The molecule has 0 fully saturated rings. The second-order valence-electron chi connectivity index (χ2n) is 4.32. The van der Waals surface area contributed by atoms with Crippen LogP contribution in [0.15, 0.2) is 24.3 Å². The molecule has 2 atom stereocenters. The maximum absolute atomic E-state index is 9.64. The SMILES string of the molecule is C#CC[C@H](O)[C@H](C)COCc1ccc(OC)cc1. The molecule has 3 nitrogen and oxygen atoms in total. The standard InChI is InChI=1S/C15H20O3/c1-4-5-15(16)12(2)10-18-11-13-6-8-14(17-3)9-7-13/h1,6-9,12,15-16H,5,10-11H2,2-3H3/t12-,15+/m1/s1. The molecule has 0 aliphatic rings. The van der Waals surface area contributed by atoms with Crippen LogP contribution in [0.5, 0.6) is 5.75 Å². The number of benzene rings is 1. The molecule has 0 saturated heterocycles. The third-order valence-corrected chi connectivity index (χ3v) is 2.79. The zero-order valence-electron chi connectivity index (χ0n) is 10.9. The molecule has 1 aromatic carbocycles. The third-order valence-electron chi connectivity index (χ3n) is 2.79. The summed E-state index contributed by atoms with van der Waals surface area (Å²) in [6.07, 6.45) is 5.03. The molecule has 0 heterocycles. The van der Waals surface area contributed by atoms with E-state index in [1.165, 1.54) is 0 Å². The highest BCUT2D eigenvalue weighted by Crippen LogP contribution is 2.13. The van der Waals surface area contributed by atoms with Crippen LogP contribution in [0.2, 0.25) is 0 Å². The first kappa shape index (κ1) is 14.6. The van der Waals surface area contributed by atoms with Gasteiger partial charge in [-0.05, 0) is 17.7 Å². The smallest absolute Gasteiger partial charge is 0.118 e. The van der Waals surface area contributed by atoms with Gasteiger partial charge in [-0.3, -0.25) is 0 Å². The van der Waals surface area contributed by atoms with Crippen molar-refractivity contribution in [1.82, 2.24) is 0 Å². The molecule has 98 valence electrons. The summed E-state index contributed by atoms with van der Waals surface area (Å²) in [4.78, 5) is 0. The number of ether oxygens (including phenoxy) is 2. The van der Waals surface area contributed by atoms with Gasteiger partial charge in [-0.1, -0.05) is 19.1 Å². The molecule has 0 aliphatic heterocycles. The van der Waals surface area contributed by atoms with E-state index in [2.05, 4.69) is 5.92 Å². The van der Waals surface area contributed by atoms with Crippen molar-refractivity contribution < 1.29 is 14.6 Å². The van der Waals surface area contributed by atoms with Gasteiger partial charge in [0.15, 0.2) is 0 Å². The highest BCUT2D eigenvalue weighted by Gasteiger charge is 2.12. The molecule has 1 N–H and O–H groups in total. The lowest BCUT2D eigenvalue weighted by atomic mass is 10.0. The van der Waals surface area contributed by atoms with Gasteiger partial charge in [0.2, 0.25) is 0 Å². The maximum atomic E-state index is 9.64. The summed E-state index contributed by atoms with van der Waals surface area (Å²) in [7, 11) is 1.64. The van der Waals surface area contributed by atoms with E-state index < -0.39 is 6.10 Å². The monoisotopic (exact) mass is 248 g/mol. The van der Waals surface area contributed by atoms with Gasteiger partial charge >= 0.3 is 0 Å². The Morgan fingerprint density at radius 3 is 2.56 bits per heavy atom. The van der Waals surface area contributed by atoms with Gasteiger partial charge in [0.25, 0.3) is 0 Å². The van der Waals surface area contributed by atoms with E-state index in [-0.39, 0.29) is 5.92 Å². The Hall–Kier alpha value is -1.50. The van der Waals surface area contributed by atoms with Crippen LogP contribution in [0.4, 0.5) is 0 Å². The Labute approximate surface area is 109 Å². The lowest BCUT2D eigenvalue weighted by Gasteiger charge is -2.16. The summed E-state index contributed by atoms with van der Waals surface area (Å²) in [5, 5.41) is 9.64. The fourth-order valence-electron chi connectivity index (χ4n) is 1.52. The summed E-state index contributed by atoms with van der Waals surface area (Å²) in [6.45, 7) is 2.95. The Morgan fingerprint density at radius 2 is 2.00 bits per heavy atom. The molecule has 1 aromatic rings. The summed E-state index contributed by atoms with van der Waals surface area (Å²) in [5.41, 5.74) is 1.08. The minimum absolute atomic E-state index is 0.0410. The molecular formula is C15H20O3. The van der Waals surface area contributed by atoms with Crippen LogP contribution in [0.3, 0.4) is 0 Å². The molecule has 0 radical (unpaired) electrons. The Morgan fingerprint density at radius 1 is 1.33 bits per heavy atom. The highest BCUT2D eigenvalue weighted by atomic mass is 16.5. The van der Waals surface area contributed by atoms with Crippen molar-refractivity contribution in [2.24, 2.45) is 5.92 Å². The molecule has 0 bridgehead atoms. The summed E-state index contributed by atoms with van der Waals surface area (Å²) in [6, 6.07) is 7.72. The van der Waals surface area contributed by atoms with E-state index in [4.69, 9.17) is 15.9 Å². The molecule has 0 saturated carbocycles. The maximum Gasteiger partial charge on any atom is 0.118 e. The van der Waals surface area contributed by atoms with Crippen LogP contribution in [0, 0.1) is 18.3 Å². The van der Waals surface area contributed by atoms with Gasteiger partial charge in [0, 0.05) is 12.3 Å². The van der Waals surface area contributed by atoms with E-state index in [0.717, 1.165) is 11.3 Å². The average Bonchev–Trinajstić information content (AvgIpc) is 2.39. The molecule has 3 heteroatoms. The Balaban J connectivity index is 2.30. The predicted molar refractivity (Wildman–Crippen MR) is 71.3 cm³/mol. The van der Waals surface area contributed by atoms with Crippen molar-refractivity contribution in [3.8, 4) is 18.1 Å². The van der Waals surface area contributed by atoms with Crippen molar-refractivity contribution in [3.05, 3.63) is 29.8 Å². The second kappa shape index (κ2) is 7.75. The van der Waals surface area contributed by atoms with Crippen LogP contribution in [-0.4, -0.2) is 24.9 Å². The van der Waals surface area contributed by atoms with Crippen LogP contribution in [0.25, 0.3) is 0 Å². The summed E-state index contributed by atoms with van der Waals surface area (Å²) >= 11 is 0. The molecule has 18 heavy (non-hydrogen) atoms. The fraction of sp³-hybridized carbons (Fsp3) is 0.467. The quantitative estimate of drug-likeness (QED) is 0.752. The van der Waals surface area contributed by atoms with E-state index in [9.17, 15) is 5.11 Å². The molecule has 0 spiro atoms. The van der Waals surface area contributed by atoms with Gasteiger partial charge in [-0.25, -0.2) is 0 Å². The minimum Gasteiger partial charge on any atom is -0.497 e. The highest BCUT2D eigenvalue weighted by molar-refractivity contribution is 5.26. The number of hydrogen-bond donors (Lipinski definition) is 1. The number of hydrogen-bond acceptors (Lipinski definition) is 3. The molecular weight excluding hydrogens is 228 g/mol. The normalized spacial score (nSPS) is 13.7. The van der Waals surface area contributed by atoms with Gasteiger partial charge < -0.3 is 14.6 Å². The Bertz CT molecular complexity index is 378. The number of methoxy groups -OCH3 is 1. The van der Waals surface area contributed by atoms with E-state index in [1.54, 1.807) is 7.11 Å². The first-order valence-corrected chi connectivity index (χ1v) is 5.99. The lowest BCUT2D eigenvalue weighted by Crippen LogP contribution is -2.21. The van der Waals surface area contributed by atoms with Crippen molar-refractivity contribution >= 4 is 0 Å². The molecule has 0 aliphatic carbocycles. The van der Waals surface area contributed by atoms with Crippen molar-refractivity contribution in [2.75, 3.05) is 13.7 Å². The number of terminal acetylenes is 1. The van der Waals surface area contributed by atoms with E-state index in [0.29, 0.717) is 19.6 Å². The van der Waals surface area contributed by atoms with Gasteiger partial charge in [0.1, 0.15) is 5.75 Å². The number of rotatable bonds is 7. The minimum atomic E-state index is -0.495. The van der Waals surface area contributed by atoms with Gasteiger partial charge in [-0.15, -0.1) is 12.3 Å². The second-order valence-corrected chi connectivity index (χ2v) is 4.32. The lowest BCUT2D eigenvalue weighted by molar-refractivity contribution is 0.0311. The zero-order chi connectivity index (χ0) is 13.4. The van der Waals surface area contributed by atoms with Crippen LogP contribution in [0.1, 0.15) is 18.9 Å². The van der Waals surface area contributed by atoms with Crippen LogP contribution < -0.4 is 4.74 Å². The topological polar surface area (TPSA) is 38.7 Å². The summed E-state index contributed by atoms with van der Waals surface area (Å²) in [5.74, 6) is 3.32. The molecule has 1 rings (SSSR count). The largest absolute Gasteiger partial charge is 0.497 e. The number of aliphatic hydroxyl groups is 1. The van der Waals surface area contributed by atoms with Crippen LogP contribution >= 0.6 is 0 Å². The van der Waals surface area contributed by atoms with Crippen molar-refractivity contribution in [1.29, 1.82) is 0 Å². The van der Waals surface area contributed by atoms with Crippen molar-refractivity contribution in [2.45, 2.75) is 26.1 Å². The van der Waals surface area contributed by atoms with E-state index in [1.807, 2.05) is 31.2 Å². The van der Waals surface area contributed by atoms with Gasteiger partial charge in [0.05, 0.1) is 26.4 Å². The van der Waals surface area contributed by atoms with E-state index >= 15 is 0 Å². The average molecular weight is 248 g/mol. The third kappa shape index (κ3) is 4.79. The predicted octanol–water partition coefficient (Wildman–Crippen LogP) is 2.23. The molecule has 0 aromatic heterocycles. The Kier molecular flexibility index (Phi) is 6.27. The first-order valence-electron chi connectivity index (χ1n) is 5.99. The van der Waals surface area contributed by atoms with Gasteiger partial charge in [-0.2, -0.15) is 0 Å². The molecule has 0 unspecified atom stereocenters. The fourth-order valence-corrected chi connectivity index (χ4v) is 1.52. The number of aliphatic hydroxyl groups excluding tert-OH is 1. The summed E-state index contributed by atoms with van der Waals surface area (Å²) < 4.78 is 10.6. The first-order chi connectivity index (χ1) is 8.67. The molecule has 0 amide bonds. The van der Waals surface area contributed by atoms with Crippen LogP contribution in [-0.2, 0) is 11.3 Å². The zero-order valence-corrected chi connectivity index (χ0v) is 10.9. The van der Waals surface area contributed by atoms with Crippen molar-refractivity contribution in [3.63, 3.8) is 0 Å².